The van der Waals surface area contributed by atoms with Crippen LogP contribution in [0, 0.1) is 0 Å². The van der Waals surface area contributed by atoms with Crippen LogP contribution in [0.3, 0.4) is 0 Å². The number of nitrogens with one attached hydrogen (secondary N) is 1. The third-order valence-corrected chi connectivity index (χ3v) is 7.90. The number of fused-ring (bicyclic) bond motifs is 1. The number of amides is 2. The summed E-state index contributed by atoms with van der Waals surface area (Å²) in [5, 5.41) is 4.82. The average Bonchev–Trinajstić information content (AvgIpc) is 3.51. The van der Waals surface area contributed by atoms with Gasteiger partial charge in [0, 0.05) is 66.6 Å². The Morgan fingerprint density at radius 3 is 2.25 bits per heavy atom. The fraction of sp³-hybridized carbons (Fsp3) is 0.333. The third kappa shape index (κ3) is 6.08. The van der Waals surface area contributed by atoms with Crippen LogP contribution in [0.15, 0.2) is 78.9 Å². The molecule has 7 heteroatoms. The van der Waals surface area contributed by atoms with Crippen molar-refractivity contribution in [3.63, 3.8) is 0 Å². The molecule has 2 heterocycles. The SMILES string of the molecule is CN(C)CCn1c(C(=O)NCCCN2CCCC2=O)c(C(c2ccccc2)c2ccccc2)c2cc(Cl)ccc21. The van der Waals surface area contributed by atoms with Crippen LogP contribution in [0.25, 0.3) is 10.9 Å². The smallest absolute Gasteiger partial charge is 0.268 e. The molecule has 2 amide bonds. The fourth-order valence-corrected chi connectivity index (χ4v) is 5.91. The monoisotopic (exact) mass is 556 g/mol. The Morgan fingerprint density at radius 1 is 0.975 bits per heavy atom. The van der Waals surface area contributed by atoms with Gasteiger partial charge in [-0.2, -0.15) is 0 Å². The van der Waals surface area contributed by atoms with Crippen LogP contribution in [0.4, 0.5) is 0 Å². The quantitative estimate of drug-likeness (QED) is 0.238. The van der Waals surface area contributed by atoms with Gasteiger partial charge in [0.2, 0.25) is 5.91 Å². The topological polar surface area (TPSA) is 57.6 Å². The zero-order valence-electron chi connectivity index (χ0n) is 23.3. The van der Waals surface area contributed by atoms with Crippen molar-refractivity contribution in [2.24, 2.45) is 0 Å². The summed E-state index contributed by atoms with van der Waals surface area (Å²) in [4.78, 5) is 30.2. The summed E-state index contributed by atoms with van der Waals surface area (Å²) in [5.74, 6) is -0.0551. The molecule has 0 saturated carbocycles. The molecular weight excluding hydrogens is 520 g/mol. The van der Waals surface area contributed by atoms with Crippen molar-refractivity contribution in [3.8, 4) is 0 Å². The molecule has 3 aromatic carbocycles. The second kappa shape index (κ2) is 12.7. The molecule has 0 spiro atoms. The molecule has 0 atom stereocenters. The highest BCUT2D eigenvalue weighted by Gasteiger charge is 2.30. The Kier molecular flexibility index (Phi) is 8.88. The van der Waals surface area contributed by atoms with E-state index in [2.05, 4.69) is 39.0 Å². The van der Waals surface area contributed by atoms with Gasteiger partial charge in [-0.05, 0) is 56.3 Å². The van der Waals surface area contributed by atoms with Gasteiger partial charge in [-0.3, -0.25) is 9.59 Å². The molecule has 40 heavy (non-hydrogen) atoms. The Hall–Kier alpha value is -3.61. The van der Waals surface area contributed by atoms with E-state index in [4.69, 9.17) is 11.6 Å². The van der Waals surface area contributed by atoms with Crippen molar-refractivity contribution >= 4 is 34.3 Å². The van der Waals surface area contributed by atoms with E-state index in [1.807, 2.05) is 73.6 Å². The minimum Gasteiger partial charge on any atom is -0.351 e. The predicted molar refractivity (Wildman–Crippen MR) is 162 cm³/mol. The van der Waals surface area contributed by atoms with Gasteiger partial charge < -0.3 is 19.7 Å². The summed E-state index contributed by atoms with van der Waals surface area (Å²) in [6, 6.07) is 26.6. The van der Waals surface area contributed by atoms with Gasteiger partial charge in [0.25, 0.3) is 5.91 Å². The number of hydrogen-bond acceptors (Lipinski definition) is 3. The van der Waals surface area contributed by atoms with Crippen LogP contribution in [-0.2, 0) is 11.3 Å². The number of carbonyl (C=O) groups is 2. The molecule has 1 aliphatic rings. The molecule has 6 nitrogen and oxygen atoms in total. The van der Waals surface area contributed by atoms with Crippen molar-refractivity contribution < 1.29 is 9.59 Å². The molecule has 1 aliphatic heterocycles. The van der Waals surface area contributed by atoms with Crippen molar-refractivity contribution in [3.05, 3.63) is 106 Å². The summed E-state index contributed by atoms with van der Waals surface area (Å²) < 4.78 is 2.15. The Morgan fingerprint density at radius 2 is 1.65 bits per heavy atom. The first-order valence-corrected chi connectivity index (χ1v) is 14.4. The first-order chi connectivity index (χ1) is 19.4. The number of aromatic nitrogens is 1. The van der Waals surface area contributed by atoms with Crippen LogP contribution in [0.2, 0.25) is 5.02 Å². The molecule has 1 fully saturated rings. The zero-order chi connectivity index (χ0) is 28.1. The fourth-order valence-electron chi connectivity index (χ4n) is 5.73. The van der Waals surface area contributed by atoms with E-state index < -0.39 is 0 Å². The lowest BCUT2D eigenvalue weighted by atomic mass is 9.83. The number of halogens is 1. The van der Waals surface area contributed by atoms with Crippen molar-refractivity contribution in [1.29, 1.82) is 0 Å². The zero-order valence-corrected chi connectivity index (χ0v) is 24.0. The molecule has 1 saturated heterocycles. The maximum atomic E-state index is 14.2. The van der Waals surface area contributed by atoms with Crippen LogP contribution in [0.5, 0.6) is 0 Å². The molecule has 0 unspecified atom stereocenters. The Bertz CT molecular complexity index is 1430. The largest absolute Gasteiger partial charge is 0.351 e. The highest BCUT2D eigenvalue weighted by Crippen LogP contribution is 2.41. The minimum absolute atomic E-state index is 0.106. The summed E-state index contributed by atoms with van der Waals surface area (Å²) >= 11 is 6.58. The van der Waals surface area contributed by atoms with Gasteiger partial charge in [-0.1, -0.05) is 72.3 Å². The normalized spacial score (nSPS) is 13.6. The number of hydrogen-bond donors (Lipinski definition) is 1. The highest BCUT2D eigenvalue weighted by atomic mass is 35.5. The van der Waals surface area contributed by atoms with E-state index in [-0.39, 0.29) is 17.7 Å². The molecule has 1 N–H and O–H groups in total. The number of carbonyl (C=O) groups excluding carboxylic acids is 2. The number of benzene rings is 3. The molecule has 208 valence electrons. The standard InChI is InChI=1S/C33H37ClN4O2/c1-36(2)21-22-38-28-17-16-26(34)23-27(28)31(30(24-11-5-3-6-12-24)25-13-7-4-8-14-25)32(38)33(40)35-18-10-20-37-19-9-15-29(37)39/h3-8,11-14,16-17,23,30H,9-10,15,18-22H2,1-2H3,(H,35,40). The summed E-state index contributed by atoms with van der Waals surface area (Å²) in [7, 11) is 4.08. The van der Waals surface area contributed by atoms with Crippen LogP contribution in [-0.4, -0.2) is 66.5 Å². The van der Waals surface area contributed by atoms with Gasteiger partial charge >= 0.3 is 0 Å². The maximum absolute atomic E-state index is 14.2. The average molecular weight is 557 g/mol. The van der Waals surface area contributed by atoms with E-state index in [0.29, 0.717) is 36.8 Å². The number of likely N-dealkylation sites (N-methyl/N-ethyl adjacent to an activating group) is 1. The van der Waals surface area contributed by atoms with Crippen LogP contribution >= 0.6 is 11.6 Å². The second-order valence-electron chi connectivity index (χ2n) is 10.7. The molecule has 0 bridgehead atoms. The predicted octanol–water partition coefficient (Wildman–Crippen LogP) is 5.78. The van der Waals surface area contributed by atoms with Gasteiger partial charge in [-0.15, -0.1) is 0 Å². The lowest BCUT2D eigenvalue weighted by molar-refractivity contribution is -0.127. The molecule has 0 aliphatic carbocycles. The number of likely N-dealkylation sites (tertiary alicyclic amines) is 1. The first-order valence-electron chi connectivity index (χ1n) is 14.1. The van der Waals surface area contributed by atoms with E-state index in [1.54, 1.807) is 0 Å². The van der Waals surface area contributed by atoms with Gasteiger partial charge in [-0.25, -0.2) is 0 Å². The van der Waals surface area contributed by atoms with E-state index in [9.17, 15) is 9.59 Å². The van der Waals surface area contributed by atoms with Crippen molar-refractivity contribution in [1.82, 2.24) is 19.7 Å². The number of nitrogens with zero attached hydrogens (tertiary/aromatic N) is 3. The molecule has 1 aromatic heterocycles. The lowest BCUT2D eigenvalue weighted by Gasteiger charge is -2.21. The first kappa shape index (κ1) is 27.9. The summed E-state index contributed by atoms with van der Waals surface area (Å²) in [6.45, 7) is 3.42. The molecule has 0 radical (unpaired) electrons. The Labute approximate surface area is 241 Å². The minimum atomic E-state index is -0.160. The van der Waals surface area contributed by atoms with E-state index in [1.165, 1.54) is 0 Å². The van der Waals surface area contributed by atoms with Crippen LogP contribution in [0.1, 0.15) is 52.4 Å². The number of rotatable bonds is 11. The van der Waals surface area contributed by atoms with Gasteiger partial charge in [0.1, 0.15) is 5.69 Å². The molecule has 5 rings (SSSR count). The summed E-state index contributed by atoms with van der Waals surface area (Å²) in [5.41, 5.74) is 4.84. The summed E-state index contributed by atoms with van der Waals surface area (Å²) in [6.07, 6.45) is 2.27. The van der Waals surface area contributed by atoms with E-state index in [0.717, 1.165) is 53.5 Å². The van der Waals surface area contributed by atoms with Crippen molar-refractivity contribution in [2.45, 2.75) is 31.7 Å². The highest BCUT2D eigenvalue weighted by molar-refractivity contribution is 6.31. The van der Waals surface area contributed by atoms with E-state index >= 15 is 0 Å². The molecule has 4 aromatic rings. The van der Waals surface area contributed by atoms with Crippen LogP contribution < -0.4 is 5.32 Å². The lowest BCUT2D eigenvalue weighted by Crippen LogP contribution is -2.32. The Balaban J connectivity index is 1.61. The maximum Gasteiger partial charge on any atom is 0.268 e. The second-order valence-corrected chi connectivity index (χ2v) is 11.2. The molecular formula is C33H37ClN4O2. The van der Waals surface area contributed by atoms with Crippen molar-refractivity contribution in [2.75, 3.05) is 40.3 Å². The van der Waals surface area contributed by atoms with Gasteiger partial charge in [0.05, 0.1) is 0 Å². The van der Waals surface area contributed by atoms with Gasteiger partial charge in [0.15, 0.2) is 0 Å². The third-order valence-electron chi connectivity index (χ3n) is 7.67.